The van der Waals surface area contributed by atoms with Crippen molar-refractivity contribution in [2.24, 2.45) is 0 Å². The lowest BCUT2D eigenvalue weighted by Gasteiger charge is -2.10. The lowest BCUT2D eigenvalue weighted by atomic mass is 9.94. The van der Waals surface area contributed by atoms with Crippen LogP contribution in [0.5, 0.6) is 0 Å². The summed E-state index contributed by atoms with van der Waals surface area (Å²) in [6.07, 6.45) is 5.56. The Balaban J connectivity index is 1.74. The van der Waals surface area contributed by atoms with Crippen molar-refractivity contribution in [3.63, 3.8) is 0 Å². The fourth-order valence-electron chi connectivity index (χ4n) is 3.55. The molecule has 2 nitrogen and oxygen atoms in total. The minimum absolute atomic E-state index is 1.05. The van der Waals surface area contributed by atoms with E-state index in [1.807, 2.05) is 24.5 Å². The molecule has 0 fully saturated rings. The van der Waals surface area contributed by atoms with Crippen LogP contribution in [0.2, 0.25) is 0 Å². The second-order valence-electron chi connectivity index (χ2n) is 6.36. The number of fused-ring (bicyclic) bond motifs is 3. The Labute approximate surface area is 151 Å². The van der Waals surface area contributed by atoms with Crippen LogP contribution in [0.4, 0.5) is 0 Å². The molecule has 2 aromatic heterocycles. The maximum atomic E-state index is 4.60. The number of hydrogen-bond acceptors (Lipinski definition) is 2. The Morgan fingerprint density at radius 2 is 1.42 bits per heavy atom. The Morgan fingerprint density at radius 1 is 0.577 bits per heavy atom. The van der Waals surface area contributed by atoms with Gasteiger partial charge in [-0.15, -0.1) is 0 Å². The quantitative estimate of drug-likeness (QED) is 0.364. The topological polar surface area (TPSA) is 25.8 Å². The van der Waals surface area contributed by atoms with E-state index < -0.39 is 0 Å². The van der Waals surface area contributed by atoms with E-state index in [0.717, 1.165) is 11.1 Å². The van der Waals surface area contributed by atoms with Gasteiger partial charge in [0.2, 0.25) is 0 Å². The highest BCUT2D eigenvalue weighted by Gasteiger charge is 2.08. The molecule has 122 valence electrons. The lowest BCUT2D eigenvalue weighted by molar-refractivity contribution is 1.33. The highest BCUT2D eigenvalue weighted by atomic mass is 14.6. The smallest absolute Gasteiger partial charge is 0.0780 e. The number of pyridine rings is 2. The van der Waals surface area contributed by atoms with Crippen LogP contribution in [0.25, 0.3) is 43.9 Å². The summed E-state index contributed by atoms with van der Waals surface area (Å²) in [6.45, 7) is 0. The highest BCUT2D eigenvalue weighted by molar-refractivity contribution is 6.10. The van der Waals surface area contributed by atoms with Gasteiger partial charge >= 0.3 is 0 Å². The Morgan fingerprint density at radius 3 is 2.35 bits per heavy atom. The molecule has 3 aromatic carbocycles. The van der Waals surface area contributed by atoms with Gasteiger partial charge in [-0.3, -0.25) is 9.97 Å². The van der Waals surface area contributed by atoms with E-state index in [4.69, 9.17) is 0 Å². The molecule has 0 spiro atoms. The number of aromatic nitrogens is 2. The predicted molar refractivity (Wildman–Crippen MR) is 108 cm³/mol. The van der Waals surface area contributed by atoms with Gasteiger partial charge in [0, 0.05) is 34.9 Å². The minimum atomic E-state index is 1.05. The van der Waals surface area contributed by atoms with E-state index >= 15 is 0 Å². The second-order valence-corrected chi connectivity index (χ2v) is 6.36. The first-order valence-electron chi connectivity index (χ1n) is 8.67. The van der Waals surface area contributed by atoms with Gasteiger partial charge in [-0.1, -0.05) is 60.7 Å². The van der Waals surface area contributed by atoms with Crippen LogP contribution in [0.15, 0.2) is 97.5 Å². The van der Waals surface area contributed by atoms with Crippen molar-refractivity contribution in [3.05, 3.63) is 97.5 Å². The number of nitrogens with zero attached hydrogens (tertiary/aromatic N) is 2. The average Bonchev–Trinajstić information content (AvgIpc) is 2.74. The molecular weight excluding hydrogens is 316 g/mol. The van der Waals surface area contributed by atoms with Crippen molar-refractivity contribution < 1.29 is 0 Å². The largest absolute Gasteiger partial charge is 0.264 e. The molecule has 26 heavy (non-hydrogen) atoms. The van der Waals surface area contributed by atoms with Crippen LogP contribution < -0.4 is 0 Å². The molecular formula is C24H16N2. The molecule has 0 aliphatic carbocycles. The number of hydrogen-bond donors (Lipinski definition) is 0. The molecule has 0 atom stereocenters. The average molecular weight is 332 g/mol. The van der Waals surface area contributed by atoms with Crippen LogP contribution in [-0.4, -0.2) is 9.97 Å². The molecule has 0 amide bonds. The molecule has 2 heteroatoms. The number of rotatable bonds is 2. The zero-order chi connectivity index (χ0) is 17.3. The summed E-state index contributed by atoms with van der Waals surface area (Å²) < 4.78 is 0. The normalized spacial score (nSPS) is 11.1. The summed E-state index contributed by atoms with van der Waals surface area (Å²) in [4.78, 5) is 8.84. The van der Waals surface area contributed by atoms with Crippen LogP contribution in [0, 0.1) is 0 Å². The van der Waals surface area contributed by atoms with Gasteiger partial charge in [0.05, 0.1) is 5.52 Å². The van der Waals surface area contributed by atoms with E-state index in [1.54, 1.807) is 6.20 Å². The Kier molecular flexibility index (Phi) is 3.46. The predicted octanol–water partition coefficient (Wildman–Crippen LogP) is 6.12. The molecule has 5 aromatic rings. The second kappa shape index (κ2) is 6.08. The minimum Gasteiger partial charge on any atom is -0.264 e. The van der Waals surface area contributed by atoms with Gasteiger partial charge < -0.3 is 0 Å². The maximum absolute atomic E-state index is 4.60. The van der Waals surface area contributed by atoms with E-state index in [0.29, 0.717) is 0 Å². The first-order valence-corrected chi connectivity index (χ1v) is 8.67. The van der Waals surface area contributed by atoms with Crippen molar-refractivity contribution in [1.29, 1.82) is 0 Å². The van der Waals surface area contributed by atoms with Crippen molar-refractivity contribution in [3.8, 4) is 22.3 Å². The van der Waals surface area contributed by atoms with Gasteiger partial charge in [0.25, 0.3) is 0 Å². The van der Waals surface area contributed by atoms with Crippen molar-refractivity contribution >= 4 is 21.7 Å². The van der Waals surface area contributed by atoms with E-state index in [2.05, 4.69) is 76.7 Å². The third-order valence-electron chi connectivity index (χ3n) is 4.80. The Hall–Kier alpha value is -3.52. The standard InChI is InChI=1S/C24H16N2/c1-5-18(20-8-3-13-25-16-20)15-19(6-1)21-9-2-10-23-22(21)12-11-17-7-4-14-26-24(17)23/h1-16H. The summed E-state index contributed by atoms with van der Waals surface area (Å²) in [5, 5.41) is 3.58. The summed E-state index contributed by atoms with van der Waals surface area (Å²) in [5.41, 5.74) is 5.77. The zero-order valence-electron chi connectivity index (χ0n) is 14.1. The monoisotopic (exact) mass is 332 g/mol. The lowest BCUT2D eigenvalue weighted by Crippen LogP contribution is -1.86. The van der Waals surface area contributed by atoms with E-state index in [1.165, 1.54) is 32.8 Å². The molecule has 5 rings (SSSR count). The summed E-state index contributed by atoms with van der Waals surface area (Å²) in [5.74, 6) is 0. The van der Waals surface area contributed by atoms with Crippen molar-refractivity contribution in [1.82, 2.24) is 9.97 Å². The van der Waals surface area contributed by atoms with E-state index in [9.17, 15) is 0 Å². The summed E-state index contributed by atoms with van der Waals surface area (Å²) >= 11 is 0. The molecule has 0 N–H and O–H groups in total. The molecule has 2 heterocycles. The first-order chi connectivity index (χ1) is 12.9. The summed E-state index contributed by atoms with van der Waals surface area (Å²) in [6, 6.07) is 27.6. The molecule has 0 saturated heterocycles. The molecule has 0 saturated carbocycles. The fourth-order valence-corrected chi connectivity index (χ4v) is 3.55. The molecule has 0 aliphatic rings. The highest BCUT2D eigenvalue weighted by Crippen LogP contribution is 2.34. The van der Waals surface area contributed by atoms with Crippen molar-refractivity contribution in [2.45, 2.75) is 0 Å². The van der Waals surface area contributed by atoms with Crippen molar-refractivity contribution in [2.75, 3.05) is 0 Å². The Bertz CT molecular complexity index is 1230. The van der Waals surface area contributed by atoms with Crippen LogP contribution in [0.3, 0.4) is 0 Å². The number of benzene rings is 3. The fraction of sp³-hybridized carbons (Fsp3) is 0. The van der Waals surface area contributed by atoms with E-state index in [-0.39, 0.29) is 0 Å². The zero-order valence-corrected chi connectivity index (χ0v) is 14.1. The first kappa shape index (κ1) is 14.8. The third-order valence-corrected chi connectivity index (χ3v) is 4.80. The van der Waals surface area contributed by atoms with Crippen LogP contribution >= 0.6 is 0 Å². The maximum Gasteiger partial charge on any atom is 0.0780 e. The summed E-state index contributed by atoms with van der Waals surface area (Å²) in [7, 11) is 0. The molecule has 0 bridgehead atoms. The van der Waals surface area contributed by atoms with Gasteiger partial charge in [-0.05, 0) is 40.3 Å². The van der Waals surface area contributed by atoms with Gasteiger partial charge in [-0.25, -0.2) is 0 Å². The van der Waals surface area contributed by atoms with Crippen LogP contribution in [-0.2, 0) is 0 Å². The molecule has 0 unspecified atom stereocenters. The van der Waals surface area contributed by atoms with Gasteiger partial charge in [0.1, 0.15) is 0 Å². The van der Waals surface area contributed by atoms with Crippen LogP contribution in [0.1, 0.15) is 0 Å². The van der Waals surface area contributed by atoms with Gasteiger partial charge in [-0.2, -0.15) is 0 Å². The third kappa shape index (κ3) is 2.44. The molecule has 0 aliphatic heterocycles. The molecule has 0 radical (unpaired) electrons. The SMILES string of the molecule is c1cncc(-c2cccc(-c3cccc4c3ccc3cccnc34)c2)c1. The van der Waals surface area contributed by atoms with Gasteiger partial charge in [0.15, 0.2) is 0 Å².